The highest BCUT2D eigenvalue weighted by atomic mass is 35.5. The molecule has 0 radical (unpaired) electrons. The number of ether oxygens (including phenoxy) is 2. The fourth-order valence-corrected chi connectivity index (χ4v) is 2.97. The van der Waals surface area contributed by atoms with Crippen LogP contribution in [0.25, 0.3) is 0 Å². The second kappa shape index (κ2) is 9.89. The summed E-state index contributed by atoms with van der Waals surface area (Å²) in [5.41, 5.74) is 1.76. The van der Waals surface area contributed by atoms with Crippen LogP contribution >= 0.6 is 11.6 Å². The second-order valence-electron chi connectivity index (χ2n) is 6.79. The summed E-state index contributed by atoms with van der Waals surface area (Å²) in [5.74, 6) is -6.15. The average molecular weight is 538 g/mol. The number of primary amides is 1. The first-order chi connectivity index (χ1) is 16.7. The van der Waals surface area contributed by atoms with E-state index in [4.69, 9.17) is 22.1 Å². The van der Waals surface area contributed by atoms with Crippen molar-refractivity contribution in [3.05, 3.63) is 76.3 Å². The summed E-state index contributed by atoms with van der Waals surface area (Å²) in [6, 6.07) is 5.65. The molecule has 3 N–H and O–H groups in total. The van der Waals surface area contributed by atoms with Gasteiger partial charge in [-0.05, 0) is 36.4 Å². The van der Waals surface area contributed by atoms with Crippen LogP contribution in [0.2, 0.25) is 5.02 Å². The topological polar surface area (TPSA) is 104 Å². The Balaban J connectivity index is 1.99. The van der Waals surface area contributed by atoms with Crippen LogP contribution in [0.5, 0.6) is 17.2 Å². The third kappa shape index (κ3) is 6.33. The van der Waals surface area contributed by atoms with Gasteiger partial charge in [0.2, 0.25) is 0 Å². The number of amides is 2. The van der Waals surface area contributed by atoms with E-state index >= 15 is 0 Å². The van der Waals surface area contributed by atoms with Gasteiger partial charge in [0.15, 0.2) is 5.82 Å². The van der Waals surface area contributed by atoms with Crippen molar-refractivity contribution in [3.63, 3.8) is 0 Å². The van der Waals surface area contributed by atoms with Crippen LogP contribution in [0.3, 0.4) is 0 Å². The molecule has 0 saturated carbocycles. The first-order valence-corrected chi connectivity index (χ1v) is 9.73. The summed E-state index contributed by atoms with van der Waals surface area (Å²) in [5, 5.41) is 1.51. The summed E-state index contributed by atoms with van der Waals surface area (Å²) < 4.78 is 101. The third-order valence-corrected chi connectivity index (χ3v) is 4.56. The van der Waals surface area contributed by atoms with E-state index < -0.39 is 57.8 Å². The zero-order valence-corrected chi connectivity index (χ0v) is 18.1. The number of carbonyl (C=O) groups is 2. The molecule has 0 unspecified atom stereocenters. The van der Waals surface area contributed by atoms with Crippen LogP contribution in [-0.2, 0) is 6.18 Å². The molecule has 7 nitrogen and oxygen atoms in total. The minimum Gasteiger partial charge on any atom is -0.456 e. The molecule has 0 fully saturated rings. The Kier molecular flexibility index (Phi) is 7.29. The Morgan fingerprint density at radius 1 is 0.972 bits per heavy atom. The van der Waals surface area contributed by atoms with Gasteiger partial charge in [-0.25, -0.2) is 9.37 Å². The van der Waals surface area contributed by atoms with Crippen molar-refractivity contribution in [1.82, 2.24) is 4.98 Å². The molecular weight excluding hydrogens is 527 g/mol. The van der Waals surface area contributed by atoms with Crippen LogP contribution < -0.4 is 20.5 Å². The van der Waals surface area contributed by atoms with E-state index in [1.807, 2.05) is 0 Å². The zero-order valence-electron chi connectivity index (χ0n) is 17.3. The highest BCUT2D eigenvalue weighted by molar-refractivity contribution is 6.32. The number of anilines is 1. The summed E-state index contributed by atoms with van der Waals surface area (Å²) in [7, 11) is 0. The maximum atomic E-state index is 14.9. The van der Waals surface area contributed by atoms with Crippen LogP contribution in [0.15, 0.2) is 48.7 Å². The lowest BCUT2D eigenvalue weighted by atomic mass is 10.1. The van der Waals surface area contributed by atoms with Gasteiger partial charge in [0.05, 0.1) is 22.5 Å². The molecule has 0 aliphatic carbocycles. The van der Waals surface area contributed by atoms with Crippen molar-refractivity contribution in [2.24, 2.45) is 5.73 Å². The molecule has 0 aliphatic rings. The Morgan fingerprint density at radius 3 is 2.17 bits per heavy atom. The highest BCUT2D eigenvalue weighted by Gasteiger charge is 2.37. The van der Waals surface area contributed by atoms with Gasteiger partial charge in [-0.1, -0.05) is 11.6 Å². The predicted octanol–water partition coefficient (Wildman–Crippen LogP) is 5.94. The Labute approximate surface area is 201 Å². The molecular formula is C21H11ClF7N3O4. The van der Waals surface area contributed by atoms with Crippen molar-refractivity contribution in [2.45, 2.75) is 12.5 Å². The van der Waals surface area contributed by atoms with Crippen molar-refractivity contribution >= 4 is 29.1 Å². The number of benzene rings is 2. The number of halogens is 8. The van der Waals surface area contributed by atoms with E-state index in [-0.39, 0.29) is 17.1 Å². The first-order valence-electron chi connectivity index (χ1n) is 9.36. The molecule has 15 heteroatoms. The van der Waals surface area contributed by atoms with Crippen molar-refractivity contribution in [2.75, 3.05) is 5.32 Å². The minimum absolute atomic E-state index is 0.135. The molecule has 3 rings (SSSR count). The SMILES string of the molecule is NC(=O)c1ccc(NC(=O)c2c(Oc3ccc(OC(F)(F)F)c(Cl)c3)ccc(C(F)(F)F)c2F)cn1. The van der Waals surface area contributed by atoms with Gasteiger partial charge in [0.1, 0.15) is 28.5 Å². The van der Waals surface area contributed by atoms with Gasteiger partial charge in [-0.2, -0.15) is 13.2 Å². The number of nitrogens with zero attached hydrogens (tertiary/aromatic N) is 1. The van der Waals surface area contributed by atoms with E-state index in [2.05, 4.69) is 15.0 Å². The van der Waals surface area contributed by atoms with Gasteiger partial charge < -0.3 is 20.5 Å². The van der Waals surface area contributed by atoms with Gasteiger partial charge >= 0.3 is 12.5 Å². The number of pyridine rings is 1. The monoisotopic (exact) mass is 537 g/mol. The van der Waals surface area contributed by atoms with E-state index in [1.165, 1.54) is 0 Å². The van der Waals surface area contributed by atoms with Crippen LogP contribution in [0, 0.1) is 5.82 Å². The summed E-state index contributed by atoms with van der Waals surface area (Å²) in [4.78, 5) is 27.5. The smallest absolute Gasteiger partial charge is 0.456 e. The van der Waals surface area contributed by atoms with Crippen molar-refractivity contribution < 1.29 is 49.8 Å². The molecule has 0 saturated heterocycles. The van der Waals surface area contributed by atoms with Gasteiger partial charge in [0.25, 0.3) is 11.8 Å². The molecule has 0 atom stereocenters. The Morgan fingerprint density at radius 2 is 1.64 bits per heavy atom. The Hall–Kier alpha value is -4.07. The van der Waals surface area contributed by atoms with E-state index in [0.29, 0.717) is 12.1 Å². The summed E-state index contributed by atoms with van der Waals surface area (Å²) in [6.07, 6.45) is -9.29. The molecule has 3 aromatic rings. The number of aromatic nitrogens is 1. The number of nitrogens with one attached hydrogen (secondary N) is 1. The zero-order chi connectivity index (χ0) is 26.8. The largest absolute Gasteiger partial charge is 0.573 e. The fraction of sp³-hybridized carbons (Fsp3) is 0.0952. The number of carbonyl (C=O) groups excluding carboxylic acids is 2. The van der Waals surface area contributed by atoms with E-state index in [9.17, 15) is 40.3 Å². The van der Waals surface area contributed by atoms with Crippen LogP contribution in [0.4, 0.5) is 36.4 Å². The normalized spacial score (nSPS) is 11.7. The lowest BCUT2D eigenvalue weighted by molar-refractivity contribution is -0.274. The fourth-order valence-electron chi connectivity index (χ4n) is 2.76. The Bertz CT molecular complexity index is 1310. The lowest BCUT2D eigenvalue weighted by Gasteiger charge is -2.17. The number of hydrogen-bond acceptors (Lipinski definition) is 5. The summed E-state index contributed by atoms with van der Waals surface area (Å²) in [6.45, 7) is 0. The molecule has 0 aliphatic heterocycles. The molecule has 0 bridgehead atoms. The summed E-state index contributed by atoms with van der Waals surface area (Å²) >= 11 is 5.72. The maximum absolute atomic E-state index is 14.9. The second-order valence-corrected chi connectivity index (χ2v) is 7.20. The predicted molar refractivity (Wildman–Crippen MR) is 110 cm³/mol. The lowest BCUT2D eigenvalue weighted by Crippen LogP contribution is -2.19. The third-order valence-electron chi connectivity index (χ3n) is 4.27. The van der Waals surface area contributed by atoms with E-state index in [0.717, 1.165) is 36.5 Å². The molecule has 36 heavy (non-hydrogen) atoms. The van der Waals surface area contributed by atoms with Crippen molar-refractivity contribution in [1.29, 1.82) is 0 Å². The van der Waals surface area contributed by atoms with Crippen molar-refractivity contribution in [3.8, 4) is 17.2 Å². The van der Waals surface area contributed by atoms with Gasteiger partial charge in [-0.15, -0.1) is 13.2 Å². The average Bonchev–Trinajstić information content (AvgIpc) is 2.74. The minimum atomic E-state index is -5.18. The first kappa shape index (κ1) is 26.5. The quantitative estimate of drug-likeness (QED) is 0.379. The number of rotatable bonds is 6. The maximum Gasteiger partial charge on any atom is 0.573 e. The molecule has 2 amide bonds. The van der Waals surface area contributed by atoms with Crippen LogP contribution in [0.1, 0.15) is 26.4 Å². The number of nitrogens with two attached hydrogens (primary N) is 1. The number of hydrogen-bond donors (Lipinski definition) is 2. The molecule has 1 aromatic heterocycles. The molecule has 2 aromatic carbocycles. The molecule has 0 spiro atoms. The van der Waals surface area contributed by atoms with Gasteiger partial charge in [0, 0.05) is 6.07 Å². The van der Waals surface area contributed by atoms with Gasteiger partial charge in [-0.3, -0.25) is 9.59 Å². The van der Waals surface area contributed by atoms with Crippen LogP contribution in [-0.4, -0.2) is 23.2 Å². The highest BCUT2D eigenvalue weighted by Crippen LogP contribution is 2.39. The molecule has 190 valence electrons. The molecule has 1 heterocycles. The number of alkyl halides is 6. The van der Waals surface area contributed by atoms with E-state index in [1.54, 1.807) is 0 Å². The standard InChI is InChI=1S/C21H11ClF7N3O4/c22-12-7-10(2-5-14(12)36-21(27,28)29)35-15-6-3-11(20(24,25)26)17(23)16(15)19(34)32-9-1-4-13(18(30)33)31-8-9/h1-8H,(H2,30,33)(H,32,34).